The van der Waals surface area contributed by atoms with Gasteiger partial charge in [-0.25, -0.2) is 15.0 Å². The van der Waals surface area contributed by atoms with Crippen molar-refractivity contribution in [2.24, 2.45) is 4.99 Å². The van der Waals surface area contributed by atoms with Gasteiger partial charge in [0.25, 0.3) is 0 Å². The zero-order chi connectivity index (χ0) is 18.0. The van der Waals surface area contributed by atoms with Gasteiger partial charge < -0.3 is 20.0 Å². The van der Waals surface area contributed by atoms with E-state index in [1.807, 2.05) is 18.2 Å². The van der Waals surface area contributed by atoms with Gasteiger partial charge in [0.05, 0.1) is 6.26 Å². The summed E-state index contributed by atoms with van der Waals surface area (Å²) in [6.45, 7) is 9.21. The quantitative estimate of drug-likeness (QED) is 0.350. The lowest BCUT2D eigenvalue weighted by Gasteiger charge is -2.34. The highest BCUT2D eigenvalue weighted by atomic mass is 127. The molecule has 0 atom stereocenters. The van der Waals surface area contributed by atoms with Gasteiger partial charge >= 0.3 is 0 Å². The van der Waals surface area contributed by atoms with Crippen LogP contribution in [-0.4, -0.2) is 66.6 Å². The van der Waals surface area contributed by atoms with E-state index in [9.17, 15) is 0 Å². The van der Waals surface area contributed by atoms with Crippen molar-refractivity contribution >= 4 is 35.9 Å². The fourth-order valence-electron chi connectivity index (χ4n) is 2.86. The van der Waals surface area contributed by atoms with E-state index < -0.39 is 0 Å². The predicted octanol–water partition coefficient (Wildman–Crippen LogP) is 1.56. The number of nitrogens with one attached hydrogen (secondary N) is 2. The minimum Gasteiger partial charge on any atom is -0.467 e. The van der Waals surface area contributed by atoms with Crippen molar-refractivity contribution in [3.63, 3.8) is 0 Å². The highest BCUT2D eigenvalue weighted by Gasteiger charge is 2.18. The lowest BCUT2D eigenvalue weighted by atomic mass is 10.3. The third-order valence-electron chi connectivity index (χ3n) is 4.25. The maximum absolute atomic E-state index is 5.32. The van der Waals surface area contributed by atoms with Gasteiger partial charge in [-0.1, -0.05) is 0 Å². The minimum atomic E-state index is 0. The fourth-order valence-corrected chi connectivity index (χ4v) is 2.86. The van der Waals surface area contributed by atoms with E-state index in [0.717, 1.165) is 63.5 Å². The van der Waals surface area contributed by atoms with E-state index in [2.05, 4.69) is 42.3 Å². The lowest BCUT2D eigenvalue weighted by Crippen LogP contribution is -2.49. The predicted molar refractivity (Wildman–Crippen MR) is 118 cm³/mol. The van der Waals surface area contributed by atoms with Gasteiger partial charge in [-0.15, -0.1) is 24.0 Å². The Bertz CT molecular complexity index is 658. The third-order valence-corrected chi connectivity index (χ3v) is 4.25. The summed E-state index contributed by atoms with van der Waals surface area (Å²) in [6, 6.07) is 5.66. The number of furan rings is 1. The van der Waals surface area contributed by atoms with Gasteiger partial charge in [0, 0.05) is 58.2 Å². The van der Waals surface area contributed by atoms with E-state index in [-0.39, 0.29) is 24.0 Å². The van der Waals surface area contributed by atoms with Crippen LogP contribution in [-0.2, 0) is 6.54 Å². The van der Waals surface area contributed by atoms with Gasteiger partial charge in [0.15, 0.2) is 5.96 Å². The first-order chi connectivity index (χ1) is 12.8. The van der Waals surface area contributed by atoms with Crippen LogP contribution < -0.4 is 15.5 Å². The Kier molecular flexibility index (Phi) is 9.32. The molecule has 0 spiro atoms. The summed E-state index contributed by atoms with van der Waals surface area (Å²) in [6.07, 6.45) is 5.26. The number of rotatable bonds is 7. The van der Waals surface area contributed by atoms with E-state index in [4.69, 9.17) is 4.42 Å². The number of aliphatic imine (C=N–C) groups is 1. The Morgan fingerprint density at radius 1 is 1.15 bits per heavy atom. The van der Waals surface area contributed by atoms with E-state index in [1.165, 1.54) is 0 Å². The lowest BCUT2D eigenvalue weighted by molar-refractivity contribution is 0.260. The standard InChI is InChI=1S/C18H27N7O.HI/c1-2-19-17(23-15-16-5-3-14-26-16)20-8-9-24-10-12-25(13-11-24)18-21-6-4-7-22-18;/h3-7,14H,2,8-13,15H2,1H3,(H2,19,20,23);1H. The molecule has 3 rings (SSSR count). The molecule has 8 nitrogen and oxygen atoms in total. The molecule has 1 aliphatic heterocycles. The van der Waals surface area contributed by atoms with Crippen LogP contribution in [0.3, 0.4) is 0 Å². The summed E-state index contributed by atoms with van der Waals surface area (Å²) in [7, 11) is 0. The summed E-state index contributed by atoms with van der Waals surface area (Å²) in [4.78, 5) is 17.9. The van der Waals surface area contributed by atoms with Crippen molar-refractivity contribution in [3.8, 4) is 0 Å². The van der Waals surface area contributed by atoms with Crippen LogP contribution in [0.25, 0.3) is 0 Å². The number of halogens is 1. The SMILES string of the molecule is CCNC(=NCc1ccco1)NCCN1CCN(c2ncccn2)CC1.I. The summed E-state index contributed by atoms with van der Waals surface area (Å²) in [5, 5.41) is 6.66. The summed E-state index contributed by atoms with van der Waals surface area (Å²) >= 11 is 0. The normalized spacial score (nSPS) is 15.3. The zero-order valence-corrected chi connectivity index (χ0v) is 18.0. The van der Waals surface area contributed by atoms with Gasteiger partial charge in [-0.3, -0.25) is 4.90 Å². The first-order valence-electron chi connectivity index (χ1n) is 9.14. The van der Waals surface area contributed by atoms with Crippen molar-refractivity contribution in [1.29, 1.82) is 0 Å². The second-order valence-electron chi connectivity index (χ2n) is 6.08. The Labute approximate surface area is 177 Å². The number of aromatic nitrogens is 2. The minimum absolute atomic E-state index is 0. The van der Waals surface area contributed by atoms with Crippen LogP contribution in [0.15, 0.2) is 46.3 Å². The fraction of sp³-hybridized carbons (Fsp3) is 0.500. The molecule has 1 aliphatic rings. The average Bonchev–Trinajstić information content (AvgIpc) is 3.21. The third kappa shape index (κ3) is 6.98. The Morgan fingerprint density at radius 3 is 2.59 bits per heavy atom. The number of anilines is 1. The van der Waals surface area contributed by atoms with Crippen LogP contribution in [0.2, 0.25) is 0 Å². The highest BCUT2D eigenvalue weighted by molar-refractivity contribution is 14.0. The molecule has 1 saturated heterocycles. The average molecular weight is 485 g/mol. The molecule has 148 valence electrons. The monoisotopic (exact) mass is 485 g/mol. The van der Waals surface area contributed by atoms with Crippen LogP contribution in [0.1, 0.15) is 12.7 Å². The number of hydrogen-bond donors (Lipinski definition) is 2. The molecule has 2 aromatic heterocycles. The topological polar surface area (TPSA) is 81.8 Å². The molecule has 0 saturated carbocycles. The number of guanidine groups is 1. The number of nitrogens with zero attached hydrogens (tertiary/aromatic N) is 5. The maximum atomic E-state index is 5.32. The van der Waals surface area contributed by atoms with E-state index in [0.29, 0.717) is 6.54 Å². The molecule has 0 aromatic carbocycles. The first kappa shape index (κ1) is 21.4. The van der Waals surface area contributed by atoms with Crippen LogP contribution in [0.4, 0.5) is 5.95 Å². The van der Waals surface area contributed by atoms with Crippen LogP contribution in [0, 0.1) is 0 Å². The van der Waals surface area contributed by atoms with Crippen molar-refractivity contribution in [3.05, 3.63) is 42.6 Å². The van der Waals surface area contributed by atoms with Crippen LogP contribution in [0.5, 0.6) is 0 Å². The number of piperazine rings is 1. The van der Waals surface area contributed by atoms with Crippen LogP contribution >= 0.6 is 24.0 Å². The molecule has 0 bridgehead atoms. The Hall–Kier alpha value is -1.88. The molecule has 0 radical (unpaired) electrons. The molecule has 0 amide bonds. The van der Waals surface area contributed by atoms with Gasteiger partial charge in [0.1, 0.15) is 12.3 Å². The zero-order valence-electron chi connectivity index (χ0n) is 15.7. The van der Waals surface area contributed by atoms with Crippen molar-refractivity contribution < 1.29 is 4.42 Å². The molecule has 2 N–H and O–H groups in total. The van der Waals surface area contributed by atoms with E-state index >= 15 is 0 Å². The molecule has 27 heavy (non-hydrogen) atoms. The maximum Gasteiger partial charge on any atom is 0.225 e. The molecular formula is C18H28IN7O. The second-order valence-corrected chi connectivity index (χ2v) is 6.08. The number of hydrogen-bond acceptors (Lipinski definition) is 6. The molecule has 0 unspecified atom stereocenters. The molecular weight excluding hydrogens is 457 g/mol. The summed E-state index contributed by atoms with van der Waals surface area (Å²) in [5.41, 5.74) is 0. The Morgan fingerprint density at radius 2 is 1.93 bits per heavy atom. The van der Waals surface area contributed by atoms with Gasteiger partial charge in [-0.05, 0) is 25.1 Å². The van der Waals surface area contributed by atoms with Crippen molar-refractivity contribution in [2.45, 2.75) is 13.5 Å². The van der Waals surface area contributed by atoms with Gasteiger partial charge in [0.2, 0.25) is 5.95 Å². The van der Waals surface area contributed by atoms with Crippen molar-refractivity contribution in [1.82, 2.24) is 25.5 Å². The molecule has 2 aromatic rings. The summed E-state index contributed by atoms with van der Waals surface area (Å²) in [5.74, 6) is 2.51. The second kappa shape index (κ2) is 11.8. The first-order valence-corrected chi connectivity index (χ1v) is 9.14. The smallest absolute Gasteiger partial charge is 0.225 e. The summed E-state index contributed by atoms with van der Waals surface area (Å²) < 4.78 is 5.32. The van der Waals surface area contributed by atoms with Gasteiger partial charge in [-0.2, -0.15) is 0 Å². The van der Waals surface area contributed by atoms with E-state index in [1.54, 1.807) is 18.7 Å². The molecule has 0 aliphatic carbocycles. The molecule has 3 heterocycles. The largest absolute Gasteiger partial charge is 0.467 e. The Balaban J connectivity index is 0.00000261. The molecule has 9 heteroatoms. The molecule has 1 fully saturated rings. The highest BCUT2D eigenvalue weighted by Crippen LogP contribution is 2.09. The van der Waals surface area contributed by atoms with Crippen molar-refractivity contribution in [2.75, 3.05) is 50.7 Å².